The number of fused-ring (bicyclic) bond motifs is 4. The highest BCUT2D eigenvalue weighted by molar-refractivity contribution is 6.31. The van der Waals surface area contributed by atoms with Crippen LogP contribution in [0.1, 0.15) is 43.1 Å². The summed E-state index contributed by atoms with van der Waals surface area (Å²) in [5.74, 6) is -0.743. The van der Waals surface area contributed by atoms with E-state index >= 15 is 0 Å². The van der Waals surface area contributed by atoms with E-state index in [1.807, 2.05) is 13.1 Å². The molecule has 2 N–H and O–H groups in total. The summed E-state index contributed by atoms with van der Waals surface area (Å²) in [7, 11) is 2.00. The zero-order chi connectivity index (χ0) is 25.1. The van der Waals surface area contributed by atoms with Crippen LogP contribution in [0.3, 0.4) is 0 Å². The van der Waals surface area contributed by atoms with Crippen molar-refractivity contribution in [3.05, 3.63) is 64.1 Å². The number of benzene rings is 2. The lowest BCUT2D eigenvalue weighted by Gasteiger charge is -2.42. The number of aromatic hydroxyl groups is 1. The van der Waals surface area contributed by atoms with E-state index in [9.17, 15) is 19.1 Å². The molecule has 1 saturated heterocycles. The number of halogens is 2. The van der Waals surface area contributed by atoms with Crippen molar-refractivity contribution in [1.29, 1.82) is 0 Å². The number of hydrogen-bond donors (Lipinski definition) is 2. The first kappa shape index (κ1) is 23.6. The highest BCUT2D eigenvalue weighted by Gasteiger charge is 2.60. The average molecular weight is 499 g/mol. The Hall–Kier alpha value is -3.10. The molecule has 3 aromatic rings. The summed E-state index contributed by atoms with van der Waals surface area (Å²) in [5.41, 5.74) is 1.59. The van der Waals surface area contributed by atoms with Crippen LogP contribution >= 0.6 is 11.6 Å². The second-order valence-electron chi connectivity index (χ2n) is 9.64. The van der Waals surface area contributed by atoms with Gasteiger partial charge in [-0.2, -0.15) is 0 Å². The van der Waals surface area contributed by atoms with Gasteiger partial charge in [0.2, 0.25) is 0 Å². The molecule has 1 aromatic heterocycles. The third-order valence-electron chi connectivity index (χ3n) is 7.35. The van der Waals surface area contributed by atoms with Crippen molar-refractivity contribution in [3.63, 3.8) is 0 Å². The molecule has 0 radical (unpaired) electrons. The number of carbonyl (C=O) groups excluding carboxylic acids is 2. The Morgan fingerprint density at radius 1 is 1.29 bits per heavy atom. The third kappa shape index (κ3) is 3.67. The molecule has 3 heterocycles. The fourth-order valence-corrected chi connectivity index (χ4v) is 5.57. The molecule has 2 aliphatic rings. The minimum absolute atomic E-state index is 0.00344. The first-order valence-electron chi connectivity index (χ1n) is 11.8. The molecule has 2 aliphatic heterocycles. The molecule has 2 aromatic carbocycles. The molecule has 35 heavy (non-hydrogen) atoms. The molecule has 9 heteroatoms. The fraction of sp³-hybridized carbons (Fsp3) is 0.385. The zero-order valence-corrected chi connectivity index (χ0v) is 20.7. The largest absolute Gasteiger partial charge is 0.508 e. The molecule has 0 saturated carbocycles. The van der Waals surface area contributed by atoms with Gasteiger partial charge in [0.15, 0.2) is 0 Å². The van der Waals surface area contributed by atoms with Gasteiger partial charge in [0.1, 0.15) is 23.1 Å². The lowest BCUT2D eigenvalue weighted by molar-refractivity contribution is -0.133. The van der Waals surface area contributed by atoms with E-state index in [2.05, 4.69) is 16.8 Å². The fourth-order valence-electron chi connectivity index (χ4n) is 5.41. The molecule has 2 atom stereocenters. The SMILES string of the molecule is CCN(C)CCCN1C(=O)N2[C@H](c3cccc(O)c3)c3[nH]c4cc(F)c(Cl)cc4c3C[C@@]2(C)C1=O. The minimum atomic E-state index is -1.13. The molecule has 0 aliphatic carbocycles. The number of carbonyl (C=O) groups is 2. The van der Waals surface area contributed by atoms with Gasteiger partial charge in [-0.05, 0) is 68.9 Å². The molecule has 0 bridgehead atoms. The van der Waals surface area contributed by atoms with E-state index in [-0.39, 0.29) is 29.1 Å². The Bertz CT molecular complexity index is 1340. The number of H-pyrrole nitrogens is 1. The van der Waals surface area contributed by atoms with Crippen LogP contribution in [-0.4, -0.2) is 68.9 Å². The van der Waals surface area contributed by atoms with Gasteiger partial charge in [-0.15, -0.1) is 0 Å². The normalized spacial score (nSPS) is 21.8. The summed E-state index contributed by atoms with van der Waals surface area (Å²) in [5, 5.41) is 10.9. The predicted molar refractivity (Wildman–Crippen MR) is 132 cm³/mol. The molecule has 0 unspecified atom stereocenters. The maximum atomic E-state index is 14.3. The number of rotatable bonds is 6. The van der Waals surface area contributed by atoms with Gasteiger partial charge in [-0.3, -0.25) is 14.6 Å². The van der Waals surface area contributed by atoms with Crippen molar-refractivity contribution < 1.29 is 19.1 Å². The second-order valence-corrected chi connectivity index (χ2v) is 10.0. The minimum Gasteiger partial charge on any atom is -0.508 e. The van der Waals surface area contributed by atoms with Gasteiger partial charge in [-0.25, -0.2) is 9.18 Å². The predicted octanol–water partition coefficient (Wildman–Crippen LogP) is 4.68. The van der Waals surface area contributed by atoms with Crippen molar-refractivity contribution >= 4 is 34.4 Å². The summed E-state index contributed by atoms with van der Waals surface area (Å²) in [6.45, 7) is 5.83. The van der Waals surface area contributed by atoms with Gasteiger partial charge in [-0.1, -0.05) is 30.7 Å². The van der Waals surface area contributed by atoms with Crippen molar-refractivity contribution in [2.45, 2.75) is 38.3 Å². The first-order valence-corrected chi connectivity index (χ1v) is 12.2. The summed E-state index contributed by atoms with van der Waals surface area (Å²) in [6.07, 6.45) is 0.946. The summed E-state index contributed by atoms with van der Waals surface area (Å²) in [4.78, 5) is 35.9. The number of aromatic nitrogens is 1. The summed E-state index contributed by atoms with van der Waals surface area (Å²) < 4.78 is 14.3. The number of aromatic amines is 1. The van der Waals surface area contributed by atoms with Crippen LogP contribution < -0.4 is 0 Å². The van der Waals surface area contributed by atoms with E-state index in [0.29, 0.717) is 29.7 Å². The van der Waals surface area contributed by atoms with E-state index in [1.165, 1.54) is 11.0 Å². The lowest BCUT2D eigenvalue weighted by atomic mass is 9.81. The highest BCUT2D eigenvalue weighted by atomic mass is 35.5. The van der Waals surface area contributed by atoms with Crippen LogP contribution in [-0.2, 0) is 11.2 Å². The third-order valence-corrected chi connectivity index (χ3v) is 7.64. The number of phenols is 1. The maximum absolute atomic E-state index is 14.3. The number of imide groups is 1. The Labute approximate surface area is 208 Å². The Balaban J connectivity index is 1.64. The smallest absolute Gasteiger partial charge is 0.328 e. The quantitative estimate of drug-likeness (QED) is 0.484. The van der Waals surface area contributed by atoms with Crippen LogP contribution in [0.15, 0.2) is 36.4 Å². The summed E-state index contributed by atoms with van der Waals surface area (Å²) >= 11 is 6.11. The molecule has 5 rings (SSSR count). The average Bonchev–Trinajstić information content (AvgIpc) is 3.24. The van der Waals surface area contributed by atoms with Gasteiger partial charge < -0.3 is 15.0 Å². The van der Waals surface area contributed by atoms with Crippen molar-refractivity contribution in [1.82, 2.24) is 19.7 Å². The van der Waals surface area contributed by atoms with Crippen molar-refractivity contribution in [2.75, 3.05) is 26.7 Å². The number of hydrogen-bond acceptors (Lipinski definition) is 4. The van der Waals surface area contributed by atoms with Crippen LogP contribution in [0.4, 0.5) is 9.18 Å². The first-order chi connectivity index (χ1) is 16.7. The van der Waals surface area contributed by atoms with Gasteiger partial charge in [0.05, 0.1) is 5.02 Å². The van der Waals surface area contributed by atoms with E-state index in [4.69, 9.17) is 11.6 Å². The Kier molecular flexibility index (Phi) is 5.76. The summed E-state index contributed by atoms with van der Waals surface area (Å²) in [6, 6.07) is 8.55. The Morgan fingerprint density at radius 2 is 2.06 bits per heavy atom. The van der Waals surface area contributed by atoms with Gasteiger partial charge >= 0.3 is 6.03 Å². The van der Waals surface area contributed by atoms with Gasteiger partial charge in [0, 0.05) is 29.6 Å². The molecule has 0 spiro atoms. The topological polar surface area (TPSA) is 79.9 Å². The van der Waals surface area contributed by atoms with Gasteiger partial charge in [0.25, 0.3) is 5.91 Å². The highest BCUT2D eigenvalue weighted by Crippen LogP contribution is 2.49. The molecular formula is C26H28ClFN4O3. The zero-order valence-electron chi connectivity index (χ0n) is 19.9. The second kappa shape index (κ2) is 8.53. The monoisotopic (exact) mass is 498 g/mol. The maximum Gasteiger partial charge on any atom is 0.328 e. The van der Waals surface area contributed by atoms with Crippen LogP contribution in [0.25, 0.3) is 10.9 Å². The number of nitrogens with one attached hydrogen (secondary N) is 1. The number of urea groups is 1. The Morgan fingerprint density at radius 3 is 2.77 bits per heavy atom. The molecule has 3 amide bonds. The van der Waals surface area contributed by atoms with E-state index in [1.54, 1.807) is 36.1 Å². The molecule has 184 valence electrons. The number of nitrogens with zero attached hydrogens (tertiary/aromatic N) is 3. The lowest BCUT2D eigenvalue weighted by Crippen LogP contribution is -2.53. The standard InChI is InChI=1S/C26H28ClFN4O3/c1-4-30(3)9-6-10-31-24(34)26(2)14-18-17-12-19(27)20(28)13-21(17)29-22(18)23(32(26)25(31)35)15-7-5-8-16(33)11-15/h5,7-8,11-13,23,29,33H,4,6,9-10,14H2,1-3H3/t23-,26+/m1/s1. The van der Waals surface area contributed by atoms with Crippen LogP contribution in [0, 0.1) is 5.82 Å². The van der Waals surface area contributed by atoms with E-state index in [0.717, 1.165) is 24.0 Å². The van der Waals surface area contributed by atoms with Crippen molar-refractivity contribution in [2.24, 2.45) is 0 Å². The molecule has 7 nitrogen and oxygen atoms in total. The number of amides is 3. The van der Waals surface area contributed by atoms with Crippen LogP contribution in [0.2, 0.25) is 5.02 Å². The van der Waals surface area contributed by atoms with Crippen LogP contribution in [0.5, 0.6) is 5.75 Å². The molecular weight excluding hydrogens is 471 g/mol. The molecule has 1 fully saturated rings. The van der Waals surface area contributed by atoms with E-state index < -0.39 is 17.4 Å². The number of phenolic OH excluding ortho intramolecular Hbond substituents is 1. The van der Waals surface area contributed by atoms with Crippen molar-refractivity contribution in [3.8, 4) is 5.75 Å².